The van der Waals surface area contributed by atoms with Gasteiger partial charge in [-0.2, -0.15) is 0 Å². The Morgan fingerprint density at radius 2 is 0.882 bits per heavy atom. The van der Waals surface area contributed by atoms with Crippen molar-refractivity contribution in [3.63, 3.8) is 0 Å². The zero-order chi connectivity index (χ0) is 33.5. The first-order chi connectivity index (χ1) is 25.3. The van der Waals surface area contributed by atoms with Crippen LogP contribution in [0.1, 0.15) is 0 Å². The van der Waals surface area contributed by atoms with E-state index in [1.807, 2.05) is 30.3 Å². The van der Waals surface area contributed by atoms with Gasteiger partial charge in [0.2, 0.25) is 0 Å². The van der Waals surface area contributed by atoms with E-state index in [2.05, 4.69) is 133 Å². The molecule has 0 fully saturated rings. The summed E-state index contributed by atoms with van der Waals surface area (Å²) in [5.74, 6) is 1.86. The molecule has 0 atom stereocenters. The maximum absolute atomic E-state index is 6.24. The van der Waals surface area contributed by atoms with E-state index >= 15 is 0 Å². The van der Waals surface area contributed by atoms with Gasteiger partial charge in [0.15, 0.2) is 17.5 Å². The summed E-state index contributed by atoms with van der Waals surface area (Å²) < 4.78 is 6.24. The van der Waals surface area contributed by atoms with E-state index in [-0.39, 0.29) is 0 Å². The first-order valence-electron chi connectivity index (χ1n) is 17.2. The highest BCUT2D eigenvalue weighted by molar-refractivity contribution is 6.18. The van der Waals surface area contributed by atoms with E-state index in [1.54, 1.807) is 0 Å². The van der Waals surface area contributed by atoms with Gasteiger partial charge in [0.05, 0.1) is 0 Å². The Hall–Kier alpha value is -6.91. The minimum absolute atomic E-state index is 0.608. The van der Waals surface area contributed by atoms with Crippen LogP contribution in [0.15, 0.2) is 168 Å². The van der Waals surface area contributed by atoms with Crippen molar-refractivity contribution in [1.82, 2.24) is 15.0 Å². The first kappa shape index (κ1) is 28.0. The molecule has 51 heavy (non-hydrogen) atoms. The molecule has 10 aromatic rings. The highest BCUT2D eigenvalue weighted by Crippen LogP contribution is 2.49. The summed E-state index contributed by atoms with van der Waals surface area (Å²) in [6.07, 6.45) is 0. The average molecular weight is 650 g/mol. The Morgan fingerprint density at radius 3 is 1.75 bits per heavy atom. The summed E-state index contributed by atoms with van der Waals surface area (Å²) in [5.41, 5.74) is 12.0. The Kier molecular flexibility index (Phi) is 5.92. The summed E-state index contributed by atoms with van der Waals surface area (Å²) in [7, 11) is 0. The average Bonchev–Trinajstić information content (AvgIpc) is 3.75. The van der Waals surface area contributed by atoms with E-state index in [9.17, 15) is 0 Å². The molecule has 11 rings (SSSR count). The standard InChI is InChI=1S/C47H27N3O/c1-2-10-31-27-32(24-19-28(31)9-1)46-48-45(49-47(50-46)40-16-8-18-42-44(40)39-13-5-6-17-41(39)51-42)30-22-20-29(21-23-30)33-25-26-38-35-12-4-3-11-34(35)37-15-7-14-36(33)43(37)38/h1-27H. The highest BCUT2D eigenvalue weighted by atomic mass is 16.3. The maximum Gasteiger partial charge on any atom is 0.164 e. The van der Waals surface area contributed by atoms with Crippen LogP contribution < -0.4 is 0 Å². The molecule has 0 aliphatic heterocycles. The van der Waals surface area contributed by atoms with Crippen molar-refractivity contribution in [2.45, 2.75) is 0 Å². The first-order valence-corrected chi connectivity index (χ1v) is 17.2. The molecule has 0 bridgehead atoms. The van der Waals surface area contributed by atoms with Crippen molar-refractivity contribution in [3.05, 3.63) is 164 Å². The van der Waals surface area contributed by atoms with Gasteiger partial charge < -0.3 is 4.42 Å². The van der Waals surface area contributed by atoms with Gasteiger partial charge in [-0.05, 0) is 73.1 Å². The Balaban J connectivity index is 1.07. The van der Waals surface area contributed by atoms with Gasteiger partial charge in [0.1, 0.15) is 11.2 Å². The molecular formula is C47H27N3O. The van der Waals surface area contributed by atoms with Gasteiger partial charge in [-0.25, -0.2) is 15.0 Å². The zero-order valence-electron chi connectivity index (χ0n) is 27.3. The molecule has 4 nitrogen and oxygen atoms in total. The molecule has 0 spiro atoms. The molecule has 0 N–H and O–H groups in total. The van der Waals surface area contributed by atoms with Gasteiger partial charge in [-0.1, -0.05) is 146 Å². The molecule has 0 saturated carbocycles. The van der Waals surface area contributed by atoms with Gasteiger partial charge in [-0.3, -0.25) is 0 Å². The minimum Gasteiger partial charge on any atom is -0.456 e. The molecule has 2 heterocycles. The number of hydrogen-bond acceptors (Lipinski definition) is 4. The van der Waals surface area contributed by atoms with E-state index in [4.69, 9.17) is 19.4 Å². The van der Waals surface area contributed by atoms with E-state index in [1.165, 1.54) is 44.0 Å². The predicted molar refractivity (Wildman–Crippen MR) is 208 cm³/mol. The lowest BCUT2D eigenvalue weighted by molar-refractivity contribution is 0.669. The fourth-order valence-corrected chi connectivity index (χ4v) is 7.90. The van der Waals surface area contributed by atoms with Crippen LogP contribution in [0.3, 0.4) is 0 Å². The van der Waals surface area contributed by atoms with E-state index in [0.29, 0.717) is 17.5 Å². The van der Waals surface area contributed by atoms with Crippen LogP contribution in [-0.4, -0.2) is 15.0 Å². The molecule has 8 aromatic carbocycles. The van der Waals surface area contributed by atoms with Crippen LogP contribution in [0.25, 0.3) is 111 Å². The quantitative estimate of drug-likeness (QED) is 0.190. The molecule has 1 aliphatic rings. The number of nitrogens with zero attached hydrogens (tertiary/aromatic N) is 3. The number of furan rings is 1. The molecule has 4 heteroatoms. The smallest absolute Gasteiger partial charge is 0.164 e. The lowest BCUT2D eigenvalue weighted by Crippen LogP contribution is -2.00. The van der Waals surface area contributed by atoms with Gasteiger partial charge in [-0.15, -0.1) is 0 Å². The zero-order valence-corrected chi connectivity index (χ0v) is 27.3. The number of rotatable bonds is 4. The lowest BCUT2D eigenvalue weighted by atomic mass is 9.94. The van der Waals surface area contributed by atoms with Crippen molar-refractivity contribution in [2.75, 3.05) is 0 Å². The van der Waals surface area contributed by atoms with E-state index < -0.39 is 0 Å². The van der Waals surface area contributed by atoms with Gasteiger partial charge in [0.25, 0.3) is 0 Å². The molecule has 1 aliphatic carbocycles. The van der Waals surface area contributed by atoms with Crippen LogP contribution >= 0.6 is 0 Å². The van der Waals surface area contributed by atoms with Crippen molar-refractivity contribution in [3.8, 4) is 67.5 Å². The lowest BCUT2D eigenvalue weighted by Gasteiger charge is -2.12. The summed E-state index contributed by atoms with van der Waals surface area (Å²) in [4.78, 5) is 15.4. The second-order valence-electron chi connectivity index (χ2n) is 13.2. The number of benzene rings is 8. The number of para-hydroxylation sites is 1. The minimum atomic E-state index is 0.608. The van der Waals surface area contributed by atoms with Crippen LogP contribution in [-0.2, 0) is 0 Å². The molecule has 236 valence electrons. The summed E-state index contributed by atoms with van der Waals surface area (Å²) in [6.45, 7) is 0. The molecule has 0 amide bonds. The van der Waals surface area contributed by atoms with Crippen LogP contribution in [0, 0.1) is 0 Å². The third-order valence-corrected chi connectivity index (χ3v) is 10.3. The predicted octanol–water partition coefficient (Wildman–Crippen LogP) is 12.4. The molecular weight excluding hydrogens is 623 g/mol. The van der Waals surface area contributed by atoms with Crippen LogP contribution in [0.2, 0.25) is 0 Å². The summed E-state index contributed by atoms with van der Waals surface area (Å²) in [5, 5.41) is 6.93. The second kappa shape index (κ2) is 10.8. The molecule has 0 radical (unpaired) electrons. The monoisotopic (exact) mass is 649 g/mol. The Morgan fingerprint density at radius 1 is 0.314 bits per heavy atom. The summed E-state index contributed by atoms with van der Waals surface area (Å²) >= 11 is 0. The number of aromatic nitrogens is 3. The SMILES string of the molecule is c1ccc2c(c1)-c1cccc3c(-c4ccc(-c5nc(-c6ccc7ccccc7c6)nc(-c6cccc7oc8ccccc8c67)n5)cc4)ccc-2c13. The fraction of sp³-hybridized carbons (Fsp3) is 0. The highest BCUT2D eigenvalue weighted by Gasteiger charge is 2.23. The normalized spacial score (nSPS) is 11.9. The van der Waals surface area contributed by atoms with Gasteiger partial charge >= 0.3 is 0 Å². The molecule has 0 saturated heterocycles. The third-order valence-electron chi connectivity index (χ3n) is 10.3. The van der Waals surface area contributed by atoms with Crippen molar-refractivity contribution < 1.29 is 4.42 Å². The van der Waals surface area contributed by atoms with Crippen molar-refractivity contribution >= 4 is 43.5 Å². The van der Waals surface area contributed by atoms with Crippen molar-refractivity contribution in [2.24, 2.45) is 0 Å². The second-order valence-corrected chi connectivity index (χ2v) is 13.2. The topological polar surface area (TPSA) is 51.8 Å². The molecule has 2 aromatic heterocycles. The largest absolute Gasteiger partial charge is 0.456 e. The van der Waals surface area contributed by atoms with E-state index in [0.717, 1.165) is 49.6 Å². The van der Waals surface area contributed by atoms with Gasteiger partial charge in [0, 0.05) is 27.5 Å². The fourth-order valence-electron chi connectivity index (χ4n) is 7.90. The summed E-state index contributed by atoms with van der Waals surface area (Å²) in [6, 6.07) is 57.5. The number of hydrogen-bond donors (Lipinski definition) is 0. The Bertz CT molecular complexity index is 3000. The van der Waals surface area contributed by atoms with Crippen molar-refractivity contribution in [1.29, 1.82) is 0 Å². The molecule has 0 unspecified atom stereocenters. The Labute approximate surface area is 293 Å². The van der Waals surface area contributed by atoms with Crippen LogP contribution in [0.5, 0.6) is 0 Å². The number of fused-ring (bicyclic) bond motifs is 7. The third kappa shape index (κ3) is 4.30. The maximum atomic E-state index is 6.24. The van der Waals surface area contributed by atoms with Crippen LogP contribution in [0.4, 0.5) is 0 Å².